The normalized spacial score (nSPS) is 19.8. The van der Waals surface area contributed by atoms with Gasteiger partial charge in [0.1, 0.15) is 0 Å². The van der Waals surface area contributed by atoms with Crippen LogP contribution < -0.4 is 10.6 Å². The van der Waals surface area contributed by atoms with Crippen molar-refractivity contribution in [2.75, 3.05) is 33.7 Å². The minimum atomic E-state index is 0.622. The van der Waals surface area contributed by atoms with Gasteiger partial charge in [-0.1, -0.05) is 23.7 Å². The number of hydrogen-bond acceptors (Lipinski definition) is 2. The van der Waals surface area contributed by atoms with Crippen LogP contribution in [0.4, 0.5) is 0 Å². The second kappa shape index (κ2) is 8.25. The van der Waals surface area contributed by atoms with E-state index in [1.165, 1.54) is 24.9 Å². The van der Waals surface area contributed by atoms with Crippen molar-refractivity contribution in [3.63, 3.8) is 0 Å². The number of hydrogen-bond donors (Lipinski definition) is 2. The van der Waals surface area contributed by atoms with Crippen LogP contribution in [0.2, 0.25) is 5.02 Å². The molecule has 0 saturated carbocycles. The zero-order valence-corrected chi connectivity index (χ0v) is 13.7. The average Bonchev–Trinajstić information content (AvgIpc) is 2.88. The van der Waals surface area contributed by atoms with E-state index in [0.717, 1.165) is 30.5 Å². The van der Waals surface area contributed by atoms with Crippen LogP contribution in [0.25, 0.3) is 0 Å². The molecular formula is C16H25ClN4. The summed E-state index contributed by atoms with van der Waals surface area (Å²) in [6, 6.07) is 8.61. The highest BCUT2D eigenvalue weighted by molar-refractivity contribution is 6.30. The molecule has 0 spiro atoms. The van der Waals surface area contributed by atoms with Gasteiger partial charge in [0.05, 0.1) is 0 Å². The van der Waals surface area contributed by atoms with E-state index in [-0.39, 0.29) is 0 Å². The molecule has 2 rings (SSSR count). The Labute approximate surface area is 132 Å². The molecule has 0 aliphatic carbocycles. The van der Waals surface area contributed by atoms with E-state index in [1.807, 2.05) is 25.2 Å². The molecule has 0 radical (unpaired) electrons. The maximum atomic E-state index is 5.99. The number of aliphatic imine (C=N–C) groups is 1. The van der Waals surface area contributed by atoms with E-state index in [1.54, 1.807) is 0 Å². The predicted molar refractivity (Wildman–Crippen MR) is 90.2 cm³/mol. The second-order valence-corrected chi connectivity index (χ2v) is 5.97. The van der Waals surface area contributed by atoms with Gasteiger partial charge in [-0.15, -0.1) is 0 Å². The molecule has 1 aromatic carbocycles. The number of rotatable bonds is 5. The summed E-state index contributed by atoms with van der Waals surface area (Å²) < 4.78 is 0. The monoisotopic (exact) mass is 308 g/mol. The Morgan fingerprint density at radius 2 is 2.29 bits per heavy atom. The van der Waals surface area contributed by atoms with Crippen LogP contribution in [0.5, 0.6) is 0 Å². The highest BCUT2D eigenvalue weighted by Gasteiger charge is 2.20. The molecule has 1 aliphatic heterocycles. The maximum absolute atomic E-state index is 5.99. The fourth-order valence-corrected chi connectivity index (χ4v) is 2.90. The van der Waals surface area contributed by atoms with Gasteiger partial charge in [-0.2, -0.15) is 0 Å². The SMILES string of the molecule is CN=C(NCCc1cccc(Cl)c1)NCC1CCCN1C. The van der Waals surface area contributed by atoms with Gasteiger partial charge in [-0.05, 0) is 50.6 Å². The lowest BCUT2D eigenvalue weighted by Crippen LogP contribution is -2.44. The molecule has 0 amide bonds. The minimum Gasteiger partial charge on any atom is -0.356 e. The van der Waals surface area contributed by atoms with E-state index in [4.69, 9.17) is 11.6 Å². The Morgan fingerprint density at radius 3 is 2.95 bits per heavy atom. The van der Waals surface area contributed by atoms with Gasteiger partial charge in [0.25, 0.3) is 0 Å². The van der Waals surface area contributed by atoms with Crippen LogP contribution in [-0.4, -0.2) is 50.6 Å². The Hall–Kier alpha value is -1.26. The zero-order chi connectivity index (χ0) is 15.1. The number of nitrogens with zero attached hydrogens (tertiary/aromatic N) is 2. The predicted octanol–water partition coefficient (Wildman–Crippen LogP) is 2.14. The summed E-state index contributed by atoms with van der Waals surface area (Å²) in [6.07, 6.45) is 3.50. The highest BCUT2D eigenvalue weighted by Crippen LogP contribution is 2.13. The molecule has 1 heterocycles. The van der Waals surface area contributed by atoms with E-state index < -0.39 is 0 Å². The Morgan fingerprint density at radius 1 is 1.43 bits per heavy atom. The summed E-state index contributed by atoms with van der Waals surface area (Å²) in [6.45, 7) is 3.00. The molecule has 116 valence electrons. The van der Waals surface area contributed by atoms with Crippen molar-refractivity contribution in [1.82, 2.24) is 15.5 Å². The second-order valence-electron chi connectivity index (χ2n) is 5.54. The molecular weight excluding hydrogens is 284 g/mol. The number of halogens is 1. The van der Waals surface area contributed by atoms with Crippen LogP contribution in [0, 0.1) is 0 Å². The molecule has 5 heteroatoms. The summed E-state index contributed by atoms with van der Waals surface area (Å²) in [5, 5.41) is 7.56. The molecule has 1 aromatic rings. The smallest absolute Gasteiger partial charge is 0.191 e. The third kappa shape index (κ3) is 5.21. The summed E-state index contributed by atoms with van der Waals surface area (Å²) in [5.74, 6) is 0.873. The first-order valence-electron chi connectivity index (χ1n) is 7.58. The van der Waals surface area contributed by atoms with Gasteiger partial charge in [-0.3, -0.25) is 4.99 Å². The fraction of sp³-hybridized carbons (Fsp3) is 0.562. The van der Waals surface area contributed by atoms with Crippen LogP contribution in [0.15, 0.2) is 29.3 Å². The van der Waals surface area contributed by atoms with Gasteiger partial charge in [-0.25, -0.2) is 0 Å². The topological polar surface area (TPSA) is 39.7 Å². The molecule has 1 aliphatic rings. The molecule has 4 nitrogen and oxygen atoms in total. The Kier molecular flexibility index (Phi) is 6.33. The minimum absolute atomic E-state index is 0.622. The van der Waals surface area contributed by atoms with Crippen LogP contribution in [0.3, 0.4) is 0 Å². The van der Waals surface area contributed by atoms with Gasteiger partial charge >= 0.3 is 0 Å². The average molecular weight is 309 g/mol. The lowest BCUT2D eigenvalue weighted by atomic mass is 10.1. The first kappa shape index (κ1) is 16.1. The van der Waals surface area contributed by atoms with Crippen molar-refractivity contribution in [2.45, 2.75) is 25.3 Å². The summed E-state index contributed by atoms with van der Waals surface area (Å²) in [4.78, 5) is 6.68. The third-order valence-electron chi connectivity index (χ3n) is 4.00. The number of benzene rings is 1. The van der Waals surface area contributed by atoms with Gasteiger partial charge in [0.2, 0.25) is 0 Å². The highest BCUT2D eigenvalue weighted by atomic mass is 35.5. The van der Waals surface area contributed by atoms with Crippen molar-refractivity contribution in [2.24, 2.45) is 4.99 Å². The number of nitrogens with one attached hydrogen (secondary N) is 2. The fourth-order valence-electron chi connectivity index (χ4n) is 2.69. The van der Waals surface area contributed by atoms with E-state index in [9.17, 15) is 0 Å². The maximum Gasteiger partial charge on any atom is 0.191 e. The molecule has 1 unspecified atom stereocenters. The van der Waals surface area contributed by atoms with Crippen molar-refractivity contribution in [3.05, 3.63) is 34.9 Å². The number of guanidine groups is 1. The van der Waals surface area contributed by atoms with Crippen molar-refractivity contribution < 1.29 is 0 Å². The van der Waals surface area contributed by atoms with E-state index >= 15 is 0 Å². The molecule has 1 fully saturated rings. The summed E-state index contributed by atoms with van der Waals surface area (Å²) in [5.41, 5.74) is 1.24. The quantitative estimate of drug-likeness (QED) is 0.647. The molecule has 1 atom stereocenters. The summed E-state index contributed by atoms with van der Waals surface area (Å²) >= 11 is 5.99. The standard InChI is InChI=1S/C16H25ClN4/c1-18-16(20-12-15-7-4-10-21(15)2)19-9-8-13-5-3-6-14(17)11-13/h3,5-6,11,15H,4,7-10,12H2,1-2H3,(H2,18,19,20). The molecule has 21 heavy (non-hydrogen) atoms. The van der Waals surface area contributed by atoms with Crippen molar-refractivity contribution >= 4 is 17.6 Å². The van der Waals surface area contributed by atoms with Crippen molar-refractivity contribution in [1.29, 1.82) is 0 Å². The van der Waals surface area contributed by atoms with Crippen LogP contribution in [-0.2, 0) is 6.42 Å². The Bertz CT molecular complexity index is 475. The largest absolute Gasteiger partial charge is 0.356 e. The number of likely N-dealkylation sites (tertiary alicyclic amines) is 1. The van der Waals surface area contributed by atoms with Crippen molar-refractivity contribution in [3.8, 4) is 0 Å². The first-order chi connectivity index (χ1) is 10.2. The lowest BCUT2D eigenvalue weighted by Gasteiger charge is -2.21. The van der Waals surface area contributed by atoms with Crippen LogP contribution in [0.1, 0.15) is 18.4 Å². The molecule has 0 bridgehead atoms. The van der Waals surface area contributed by atoms with Gasteiger partial charge in [0, 0.05) is 31.2 Å². The Balaban J connectivity index is 1.70. The first-order valence-corrected chi connectivity index (χ1v) is 7.96. The lowest BCUT2D eigenvalue weighted by molar-refractivity contribution is 0.309. The van der Waals surface area contributed by atoms with E-state index in [2.05, 4.69) is 33.6 Å². The molecule has 1 saturated heterocycles. The third-order valence-corrected chi connectivity index (χ3v) is 4.23. The molecule has 2 N–H and O–H groups in total. The van der Waals surface area contributed by atoms with Gasteiger partial charge < -0.3 is 15.5 Å². The van der Waals surface area contributed by atoms with Gasteiger partial charge in [0.15, 0.2) is 5.96 Å². The van der Waals surface area contributed by atoms with E-state index in [0.29, 0.717) is 6.04 Å². The molecule has 0 aromatic heterocycles. The number of likely N-dealkylation sites (N-methyl/N-ethyl adjacent to an activating group) is 1. The van der Waals surface area contributed by atoms with Crippen LogP contribution >= 0.6 is 11.6 Å². The zero-order valence-electron chi connectivity index (χ0n) is 12.9. The summed E-state index contributed by atoms with van der Waals surface area (Å²) in [7, 11) is 4.00.